The summed E-state index contributed by atoms with van der Waals surface area (Å²) in [6.07, 6.45) is 0. The van der Waals surface area contributed by atoms with E-state index in [0.29, 0.717) is 0 Å². The van der Waals surface area contributed by atoms with Gasteiger partial charge in [0.1, 0.15) is 0 Å². The summed E-state index contributed by atoms with van der Waals surface area (Å²) in [6, 6.07) is 8.60. The van der Waals surface area contributed by atoms with Crippen LogP contribution < -0.4 is 5.32 Å². The van der Waals surface area contributed by atoms with Gasteiger partial charge in [0.25, 0.3) is 0 Å². The Morgan fingerprint density at radius 1 is 1.25 bits per heavy atom. The zero-order valence-electron chi connectivity index (χ0n) is 9.69. The smallest absolute Gasteiger partial charge is 0.0776 e. The van der Waals surface area contributed by atoms with Gasteiger partial charge in [-0.05, 0) is 43.6 Å². The average molecular weight is 233 g/mol. The van der Waals surface area contributed by atoms with Gasteiger partial charge in [0.2, 0.25) is 0 Å². The molecule has 0 fully saturated rings. The minimum absolute atomic E-state index is 0.196. The zero-order valence-corrected chi connectivity index (χ0v) is 10.5. The standard InChI is InChI=1S/C12H15N3S/c1-8-6-4-5-7-10(8)11(13-3)12-9(2)14-15-16-12/h4-7,11,13H,1-3H3. The molecule has 0 aliphatic rings. The molecular weight excluding hydrogens is 218 g/mol. The Hall–Kier alpha value is -1.26. The lowest BCUT2D eigenvalue weighted by molar-refractivity contribution is 0.693. The molecule has 84 valence electrons. The van der Waals surface area contributed by atoms with Crippen LogP contribution in [-0.4, -0.2) is 16.6 Å². The van der Waals surface area contributed by atoms with Gasteiger partial charge in [-0.2, -0.15) is 0 Å². The van der Waals surface area contributed by atoms with E-state index < -0.39 is 0 Å². The molecule has 1 unspecified atom stereocenters. The van der Waals surface area contributed by atoms with Gasteiger partial charge < -0.3 is 5.32 Å². The molecule has 16 heavy (non-hydrogen) atoms. The van der Waals surface area contributed by atoms with Gasteiger partial charge in [-0.1, -0.05) is 28.8 Å². The van der Waals surface area contributed by atoms with Crippen LogP contribution in [0.2, 0.25) is 0 Å². The molecule has 0 bridgehead atoms. The normalized spacial score (nSPS) is 12.7. The number of hydrogen-bond donors (Lipinski definition) is 1. The molecule has 1 atom stereocenters. The third-order valence-corrected chi connectivity index (χ3v) is 3.63. The second kappa shape index (κ2) is 4.72. The highest BCUT2D eigenvalue weighted by Crippen LogP contribution is 2.28. The summed E-state index contributed by atoms with van der Waals surface area (Å²) in [5.41, 5.74) is 3.58. The molecule has 2 rings (SSSR count). The SMILES string of the molecule is CNC(c1ccccc1C)c1snnc1C. The summed E-state index contributed by atoms with van der Waals surface area (Å²) >= 11 is 1.46. The van der Waals surface area contributed by atoms with Crippen molar-refractivity contribution in [3.05, 3.63) is 46.0 Å². The predicted octanol–water partition coefficient (Wildman–Crippen LogP) is 2.46. The van der Waals surface area contributed by atoms with E-state index in [1.165, 1.54) is 27.5 Å². The molecule has 3 nitrogen and oxygen atoms in total. The van der Waals surface area contributed by atoms with Crippen LogP contribution in [0.1, 0.15) is 27.7 Å². The molecule has 1 heterocycles. The van der Waals surface area contributed by atoms with Crippen molar-refractivity contribution in [2.75, 3.05) is 7.05 Å². The van der Waals surface area contributed by atoms with Gasteiger partial charge in [-0.25, -0.2) is 0 Å². The molecule has 1 N–H and O–H groups in total. The zero-order chi connectivity index (χ0) is 11.5. The van der Waals surface area contributed by atoms with E-state index in [0.717, 1.165) is 5.69 Å². The molecule has 1 aromatic heterocycles. The van der Waals surface area contributed by atoms with E-state index in [2.05, 4.69) is 46.1 Å². The number of hydrogen-bond acceptors (Lipinski definition) is 4. The quantitative estimate of drug-likeness (QED) is 0.885. The first-order valence-electron chi connectivity index (χ1n) is 5.25. The van der Waals surface area contributed by atoms with Crippen LogP contribution in [0.15, 0.2) is 24.3 Å². The topological polar surface area (TPSA) is 37.8 Å². The maximum absolute atomic E-state index is 4.07. The Bertz CT molecular complexity index is 479. The Morgan fingerprint density at radius 3 is 2.56 bits per heavy atom. The van der Waals surface area contributed by atoms with Gasteiger partial charge in [-0.15, -0.1) is 5.10 Å². The van der Waals surface area contributed by atoms with Crippen LogP contribution in [-0.2, 0) is 0 Å². The van der Waals surface area contributed by atoms with Crippen LogP contribution >= 0.6 is 11.5 Å². The molecule has 0 aliphatic heterocycles. The Labute approximate surface area is 99.7 Å². The third-order valence-electron chi connectivity index (χ3n) is 2.74. The number of aryl methyl sites for hydroxylation is 2. The summed E-state index contributed by atoms with van der Waals surface area (Å²) in [5, 5.41) is 7.40. The fourth-order valence-corrected chi connectivity index (χ4v) is 2.62. The largest absolute Gasteiger partial charge is 0.309 e. The molecule has 4 heteroatoms. The molecule has 1 aromatic carbocycles. The molecule has 0 radical (unpaired) electrons. The van der Waals surface area contributed by atoms with E-state index in [-0.39, 0.29) is 6.04 Å². The first-order valence-corrected chi connectivity index (χ1v) is 6.03. The Morgan fingerprint density at radius 2 is 2.00 bits per heavy atom. The summed E-state index contributed by atoms with van der Waals surface area (Å²) in [4.78, 5) is 1.19. The van der Waals surface area contributed by atoms with Crippen LogP contribution in [0.25, 0.3) is 0 Å². The number of rotatable bonds is 3. The molecule has 0 saturated heterocycles. The van der Waals surface area contributed by atoms with Crippen molar-refractivity contribution in [2.24, 2.45) is 0 Å². The summed E-state index contributed by atoms with van der Waals surface area (Å²) < 4.78 is 4.00. The van der Waals surface area contributed by atoms with E-state index >= 15 is 0 Å². The number of aromatic nitrogens is 2. The third kappa shape index (κ3) is 1.99. The van der Waals surface area contributed by atoms with E-state index in [1.807, 2.05) is 14.0 Å². The highest BCUT2D eigenvalue weighted by atomic mass is 32.1. The molecule has 0 spiro atoms. The van der Waals surface area contributed by atoms with Crippen molar-refractivity contribution in [2.45, 2.75) is 19.9 Å². The van der Waals surface area contributed by atoms with E-state index in [1.54, 1.807) is 0 Å². The first-order chi connectivity index (χ1) is 7.74. The Balaban J connectivity index is 2.45. The van der Waals surface area contributed by atoms with Crippen molar-refractivity contribution in [3.8, 4) is 0 Å². The average Bonchev–Trinajstić information content (AvgIpc) is 2.69. The second-order valence-electron chi connectivity index (χ2n) is 3.80. The van der Waals surface area contributed by atoms with Gasteiger partial charge in [-0.3, -0.25) is 0 Å². The fraction of sp³-hybridized carbons (Fsp3) is 0.333. The maximum Gasteiger partial charge on any atom is 0.0776 e. The van der Waals surface area contributed by atoms with Crippen LogP contribution in [0.3, 0.4) is 0 Å². The predicted molar refractivity (Wildman–Crippen MR) is 66.7 cm³/mol. The van der Waals surface area contributed by atoms with Crippen LogP contribution in [0, 0.1) is 13.8 Å². The Kier molecular flexibility index (Phi) is 3.31. The number of nitrogens with one attached hydrogen (secondary N) is 1. The molecule has 0 aliphatic carbocycles. The van der Waals surface area contributed by atoms with Gasteiger partial charge in [0.05, 0.1) is 16.6 Å². The van der Waals surface area contributed by atoms with Crippen molar-refractivity contribution in [3.63, 3.8) is 0 Å². The van der Waals surface area contributed by atoms with Crippen molar-refractivity contribution >= 4 is 11.5 Å². The fourth-order valence-electron chi connectivity index (χ4n) is 1.84. The van der Waals surface area contributed by atoms with E-state index in [4.69, 9.17) is 0 Å². The van der Waals surface area contributed by atoms with Crippen LogP contribution in [0.4, 0.5) is 0 Å². The lowest BCUT2D eigenvalue weighted by Gasteiger charge is -2.17. The molecular formula is C12H15N3S. The highest BCUT2D eigenvalue weighted by molar-refractivity contribution is 7.05. The molecule has 0 saturated carbocycles. The summed E-state index contributed by atoms with van der Waals surface area (Å²) in [6.45, 7) is 4.13. The molecule has 2 aromatic rings. The number of benzene rings is 1. The minimum Gasteiger partial charge on any atom is -0.309 e. The van der Waals surface area contributed by atoms with Gasteiger partial charge in [0, 0.05) is 0 Å². The van der Waals surface area contributed by atoms with Crippen molar-refractivity contribution < 1.29 is 0 Å². The summed E-state index contributed by atoms with van der Waals surface area (Å²) in [7, 11) is 1.97. The summed E-state index contributed by atoms with van der Waals surface area (Å²) in [5.74, 6) is 0. The van der Waals surface area contributed by atoms with E-state index in [9.17, 15) is 0 Å². The minimum atomic E-state index is 0.196. The van der Waals surface area contributed by atoms with Crippen molar-refractivity contribution in [1.82, 2.24) is 14.9 Å². The van der Waals surface area contributed by atoms with Crippen molar-refractivity contribution in [1.29, 1.82) is 0 Å². The number of nitrogens with zero attached hydrogens (tertiary/aromatic N) is 2. The van der Waals surface area contributed by atoms with Gasteiger partial charge in [0.15, 0.2) is 0 Å². The second-order valence-corrected chi connectivity index (χ2v) is 4.59. The van der Waals surface area contributed by atoms with Gasteiger partial charge >= 0.3 is 0 Å². The monoisotopic (exact) mass is 233 g/mol. The highest BCUT2D eigenvalue weighted by Gasteiger charge is 2.18. The molecule has 0 amide bonds. The lowest BCUT2D eigenvalue weighted by Crippen LogP contribution is -2.18. The maximum atomic E-state index is 4.07. The first kappa shape index (κ1) is 11.2. The lowest BCUT2D eigenvalue weighted by atomic mass is 9.99. The van der Waals surface area contributed by atoms with Crippen LogP contribution in [0.5, 0.6) is 0 Å².